The normalized spacial score (nSPS) is 20.9. The minimum absolute atomic E-state index is 0.358. The molecule has 3 heteroatoms. The SMILES string of the molecule is CCC(NC1CC=CCC1)c1ccc(Cl)c(Cl)c1. The molecule has 18 heavy (non-hydrogen) atoms. The van der Waals surface area contributed by atoms with Crippen LogP contribution in [0.1, 0.15) is 44.2 Å². The lowest BCUT2D eigenvalue weighted by molar-refractivity contribution is 0.402. The van der Waals surface area contributed by atoms with Gasteiger partial charge in [0, 0.05) is 12.1 Å². The van der Waals surface area contributed by atoms with Crippen LogP contribution in [0, 0.1) is 0 Å². The Hall–Kier alpha value is -0.500. The molecule has 0 saturated carbocycles. The van der Waals surface area contributed by atoms with E-state index in [9.17, 15) is 0 Å². The molecule has 1 aromatic rings. The molecule has 0 amide bonds. The quantitative estimate of drug-likeness (QED) is 0.754. The summed E-state index contributed by atoms with van der Waals surface area (Å²) in [6.07, 6.45) is 9.10. The Morgan fingerprint density at radius 1 is 1.28 bits per heavy atom. The van der Waals surface area contributed by atoms with E-state index in [4.69, 9.17) is 23.2 Å². The molecule has 1 N–H and O–H groups in total. The van der Waals surface area contributed by atoms with Gasteiger partial charge in [0.25, 0.3) is 0 Å². The summed E-state index contributed by atoms with van der Waals surface area (Å²) in [5.74, 6) is 0. The molecule has 1 nitrogen and oxygen atoms in total. The minimum atomic E-state index is 0.358. The Kier molecular flexibility index (Phi) is 5.11. The molecule has 0 heterocycles. The molecule has 0 spiro atoms. The average Bonchev–Trinajstić information content (AvgIpc) is 2.40. The van der Waals surface area contributed by atoms with Crippen molar-refractivity contribution in [3.05, 3.63) is 46.0 Å². The zero-order chi connectivity index (χ0) is 13.0. The predicted octanol–water partition coefficient (Wildman–Crippen LogP) is 5.14. The topological polar surface area (TPSA) is 12.0 Å². The molecule has 2 rings (SSSR count). The number of hydrogen-bond acceptors (Lipinski definition) is 1. The van der Waals surface area contributed by atoms with E-state index in [1.165, 1.54) is 18.4 Å². The van der Waals surface area contributed by atoms with Gasteiger partial charge in [0.1, 0.15) is 0 Å². The van der Waals surface area contributed by atoms with Crippen LogP contribution in [-0.4, -0.2) is 6.04 Å². The molecule has 1 aromatic carbocycles. The molecule has 1 aliphatic carbocycles. The third-order valence-electron chi connectivity index (χ3n) is 3.46. The van der Waals surface area contributed by atoms with Gasteiger partial charge in [0.2, 0.25) is 0 Å². The van der Waals surface area contributed by atoms with Gasteiger partial charge in [-0.3, -0.25) is 0 Å². The van der Waals surface area contributed by atoms with Gasteiger partial charge < -0.3 is 5.32 Å². The smallest absolute Gasteiger partial charge is 0.0595 e. The highest BCUT2D eigenvalue weighted by molar-refractivity contribution is 6.42. The van der Waals surface area contributed by atoms with Crippen LogP contribution < -0.4 is 5.32 Å². The van der Waals surface area contributed by atoms with Crippen molar-refractivity contribution >= 4 is 23.2 Å². The van der Waals surface area contributed by atoms with E-state index < -0.39 is 0 Å². The van der Waals surface area contributed by atoms with Gasteiger partial charge >= 0.3 is 0 Å². The van der Waals surface area contributed by atoms with Crippen LogP contribution in [0.25, 0.3) is 0 Å². The fraction of sp³-hybridized carbons (Fsp3) is 0.467. The molecule has 0 fully saturated rings. The lowest BCUT2D eigenvalue weighted by atomic mass is 9.98. The van der Waals surface area contributed by atoms with Crippen molar-refractivity contribution in [2.24, 2.45) is 0 Å². The molecule has 0 aliphatic heterocycles. The van der Waals surface area contributed by atoms with E-state index >= 15 is 0 Å². The van der Waals surface area contributed by atoms with E-state index in [-0.39, 0.29) is 0 Å². The van der Waals surface area contributed by atoms with E-state index in [0.29, 0.717) is 22.1 Å². The highest BCUT2D eigenvalue weighted by Gasteiger charge is 2.16. The van der Waals surface area contributed by atoms with Crippen molar-refractivity contribution in [2.45, 2.75) is 44.7 Å². The van der Waals surface area contributed by atoms with Crippen molar-refractivity contribution in [1.29, 1.82) is 0 Å². The van der Waals surface area contributed by atoms with Gasteiger partial charge in [0.05, 0.1) is 10.0 Å². The Morgan fingerprint density at radius 3 is 2.72 bits per heavy atom. The monoisotopic (exact) mass is 283 g/mol. The number of hydrogen-bond donors (Lipinski definition) is 1. The summed E-state index contributed by atoms with van der Waals surface area (Å²) in [7, 11) is 0. The zero-order valence-electron chi connectivity index (χ0n) is 10.6. The van der Waals surface area contributed by atoms with Crippen molar-refractivity contribution in [1.82, 2.24) is 5.32 Å². The van der Waals surface area contributed by atoms with Crippen LogP contribution in [0.15, 0.2) is 30.4 Å². The third kappa shape index (κ3) is 3.50. The van der Waals surface area contributed by atoms with E-state index in [1.54, 1.807) is 0 Å². The van der Waals surface area contributed by atoms with Crippen LogP contribution >= 0.6 is 23.2 Å². The number of benzene rings is 1. The second kappa shape index (κ2) is 6.60. The Morgan fingerprint density at radius 2 is 2.11 bits per heavy atom. The number of halogens is 2. The van der Waals surface area contributed by atoms with Crippen LogP contribution in [0.4, 0.5) is 0 Å². The molecule has 98 valence electrons. The van der Waals surface area contributed by atoms with Gasteiger partial charge in [0.15, 0.2) is 0 Å². The molecule has 2 atom stereocenters. The number of allylic oxidation sites excluding steroid dienone is 1. The van der Waals surface area contributed by atoms with Crippen LogP contribution in [0.2, 0.25) is 10.0 Å². The minimum Gasteiger partial charge on any atom is -0.307 e. The zero-order valence-corrected chi connectivity index (χ0v) is 12.1. The van der Waals surface area contributed by atoms with Crippen molar-refractivity contribution < 1.29 is 0 Å². The maximum Gasteiger partial charge on any atom is 0.0595 e. The van der Waals surface area contributed by atoms with Crippen LogP contribution in [-0.2, 0) is 0 Å². The summed E-state index contributed by atoms with van der Waals surface area (Å²) in [4.78, 5) is 0. The fourth-order valence-electron chi connectivity index (χ4n) is 2.41. The van der Waals surface area contributed by atoms with Crippen molar-refractivity contribution in [3.8, 4) is 0 Å². The van der Waals surface area contributed by atoms with Gasteiger partial charge in [-0.15, -0.1) is 0 Å². The Balaban J connectivity index is 2.07. The summed E-state index contributed by atoms with van der Waals surface area (Å²) in [6, 6.07) is 6.85. The van der Waals surface area contributed by atoms with E-state index in [1.807, 2.05) is 12.1 Å². The molecule has 1 aliphatic rings. The summed E-state index contributed by atoms with van der Waals surface area (Å²) in [5, 5.41) is 4.97. The van der Waals surface area contributed by atoms with Gasteiger partial charge in [-0.25, -0.2) is 0 Å². The maximum absolute atomic E-state index is 6.09. The van der Waals surface area contributed by atoms with E-state index in [2.05, 4.69) is 30.5 Å². The number of nitrogens with one attached hydrogen (secondary N) is 1. The first kappa shape index (κ1) is 13.9. The number of rotatable bonds is 4. The lowest BCUT2D eigenvalue weighted by Crippen LogP contribution is -2.33. The molecule has 2 unspecified atom stereocenters. The lowest BCUT2D eigenvalue weighted by Gasteiger charge is -2.26. The van der Waals surface area contributed by atoms with Gasteiger partial charge in [-0.2, -0.15) is 0 Å². The molecule has 0 saturated heterocycles. The Labute approximate surface area is 119 Å². The molecular formula is C15H19Cl2N. The van der Waals surface area contributed by atoms with Gasteiger partial charge in [-0.05, 0) is 43.4 Å². The van der Waals surface area contributed by atoms with E-state index in [0.717, 1.165) is 12.8 Å². The molecule has 0 bridgehead atoms. The highest BCUT2D eigenvalue weighted by atomic mass is 35.5. The largest absolute Gasteiger partial charge is 0.307 e. The van der Waals surface area contributed by atoms with Crippen LogP contribution in [0.3, 0.4) is 0 Å². The first-order valence-corrected chi connectivity index (χ1v) is 7.32. The van der Waals surface area contributed by atoms with Gasteiger partial charge in [-0.1, -0.05) is 48.3 Å². The fourth-order valence-corrected chi connectivity index (χ4v) is 2.71. The average molecular weight is 284 g/mol. The third-order valence-corrected chi connectivity index (χ3v) is 4.20. The Bertz CT molecular complexity index is 429. The van der Waals surface area contributed by atoms with Crippen molar-refractivity contribution in [2.75, 3.05) is 0 Å². The summed E-state index contributed by atoms with van der Waals surface area (Å²) in [5.41, 5.74) is 1.22. The first-order valence-electron chi connectivity index (χ1n) is 6.56. The summed E-state index contributed by atoms with van der Waals surface area (Å²) < 4.78 is 0. The summed E-state index contributed by atoms with van der Waals surface area (Å²) >= 11 is 12.0. The second-order valence-corrected chi connectivity index (χ2v) is 5.60. The van der Waals surface area contributed by atoms with Crippen LogP contribution in [0.5, 0.6) is 0 Å². The highest BCUT2D eigenvalue weighted by Crippen LogP contribution is 2.28. The molecular weight excluding hydrogens is 265 g/mol. The van der Waals surface area contributed by atoms with Crippen molar-refractivity contribution in [3.63, 3.8) is 0 Å². The predicted molar refractivity (Wildman–Crippen MR) is 79.4 cm³/mol. The summed E-state index contributed by atoms with van der Waals surface area (Å²) in [6.45, 7) is 2.19. The standard InChI is InChI=1S/C15H19Cl2N/c1-2-15(18-12-6-4-3-5-7-12)11-8-9-13(16)14(17)10-11/h3-4,8-10,12,15,18H,2,5-7H2,1H3. The first-order chi connectivity index (χ1) is 8.70. The second-order valence-electron chi connectivity index (χ2n) is 4.78. The molecule has 0 aromatic heterocycles. The molecule has 0 radical (unpaired) electrons. The maximum atomic E-state index is 6.09.